The number of amides is 1. The summed E-state index contributed by atoms with van der Waals surface area (Å²) < 4.78 is 31.8. The van der Waals surface area contributed by atoms with Gasteiger partial charge in [-0.25, -0.2) is 8.42 Å². The molecule has 1 aromatic carbocycles. The Balaban J connectivity index is 2.17. The Bertz CT molecular complexity index is 639. The van der Waals surface area contributed by atoms with Crippen LogP contribution in [0.5, 0.6) is 0 Å². The Labute approximate surface area is 137 Å². The second-order valence-electron chi connectivity index (χ2n) is 5.71. The normalized spacial score (nSPS) is 17.7. The Morgan fingerprint density at radius 1 is 1.35 bits per heavy atom. The van der Waals surface area contributed by atoms with E-state index in [1.807, 2.05) is 6.92 Å². The number of ether oxygens (including phenoxy) is 1. The van der Waals surface area contributed by atoms with Gasteiger partial charge in [-0.15, -0.1) is 0 Å². The average Bonchev–Trinajstić information content (AvgIpc) is 2.56. The van der Waals surface area contributed by atoms with Crippen molar-refractivity contribution in [2.75, 3.05) is 26.3 Å². The van der Waals surface area contributed by atoms with Crippen molar-refractivity contribution in [2.45, 2.75) is 37.6 Å². The van der Waals surface area contributed by atoms with E-state index in [1.54, 1.807) is 12.1 Å². The number of rotatable bonds is 6. The maximum atomic E-state index is 12.6. The number of nitrogens with one attached hydrogen (secondary N) is 1. The quantitative estimate of drug-likeness (QED) is 0.854. The third kappa shape index (κ3) is 4.53. The predicted molar refractivity (Wildman–Crippen MR) is 87.9 cm³/mol. The van der Waals surface area contributed by atoms with Gasteiger partial charge in [0.2, 0.25) is 10.0 Å². The van der Waals surface area contributed by atoms with Crippen LogP contribution in [-0.2, 0) is 14.8 Å². The number of nitrogens with zero attached hydrogens (tertiary/aromatic N) is 1. The molecule has 2 rings (SSSR count). The van der Waals surface area contributed by atoms with Crippen LogP contribution in [0, 0.1) is 0 Å². The fraction of sp³-hybridized carbons (Fsp3) is 0.562. The molecule has 1 fully saturated rings. The molecular weight excluding hydrogens is 316 g/mol. The summed E-state index contributed by atoms with van der Waals surface area (Å²) in [5, 5.41) is 2.89. The summed E-state index contributed by atoms with van der Waals surface area (Å²) >= 11 is 0. The maximum Gasteiger partial charge on any atom is 0.251 e. The third-order valence-corrected chi connectivity index (χ3v) is 5.70. The molecule has 1 aromatic rings. The van der Waals surface area contributed by atoms with Crippen LogP contribution in [0.15, 0.2) is 29.2 Å². The molecule has 0 radical (unpaired) electrons. The zero-order valence-corrected chi connectivity index (χ0v) is 14.4. The molecule has 1 aliphatic rings. The SMILES string of the molecule is CCC[C@H](C)NC(=O)c1cccc(S(=O)(=O)N2CCOCC2)c1. The van der Waals surface area contributed by atoms with Gasteiger partial charge in [-0.3, -0.25) is 4.79 Å². The van der Waals surface area contributed by atoms with Crippen LogP contribution in [0.3, 0.4) is 0 Å². The molecule has 6 nitrogen and oxygen atoms in total. The van der Waals surface area contributed by atoms with Crippen LogP contribution in [0.4, 0.5) is 0 Å². The first-order valence-corrected chi connectivity index (χ1v) is 9.38. The van der Waals surface area contributed by atoms with Crippen LogP contribution in [0.1, 0.15) is 37.0 Å². The standard InChI is InChI=1S/C16H24N2O4S/c1-3-5-13(2)17-16(19)14-6-4-7-15(12-14)23(20,21)18-8-10-22-11-9-18/h4,6-7,12-13H,3,5,8-11H2,1-2H3,(H,17,19)/t13-/m0/s1. The highest BCUT2D eigenvalue weighted by molar-refractivity contribution is 7.89. The summed E-state index contributed by atoms with van der Waals surface area (Å²) in [7, 11) is -3.58. The summed E-state index contributed by atoms with van der Waals surface area (Å²) in [6.45, 7) is 5.47. The molecule has 1 amide bonds. The van der Waals surface area contributed by atoms with E-state index in [1.165, 1.54) is 16.4 Å². The number of morpholine rings is 1. The molecule has 128 valence electrons. The number of hydrogen-bond donors (Lipinski definition) is 1. The summed E-state index contributed by atoms with van der Waals surface area (Å²) in [5.41, 5.74) is 0.363. The minimum Gasteiger partial charge on any atom is -0.379 e. The van der Waals surface area contributed by atoms with E-state index in [-0.39, 0.29) is 16.8 Å². The summed E-state index contributed by atoms with van der Waals surface area (Å²) in [4.78, 5) is 12.4. The van der Waals surface area contributed by atoms with Gasteiger partial charge in [0.05, 0.1) is 18.1 Å². The Hall–Kier alpha value is -1.44. The number of carbonyl (C=O) groups excluding carboxylic acids is 1. The molecule has 1 heterocycles. The number of carbonyl (C=O) groups is 1. The molecule has 0 spiro atoms. The molecule has 0 aromatic heterocycles. The van der Waals surface area contributed by atoms with Crippen LogP contribution < -0.4 is 5.32 Å². The molecule has 7 heteroatoms. The smallest absolute Gasteiger partial charge is 0.251 e. The third-order valence-electron chi connectivity index (χ3n) is 3.80. The number of sulfonamides is 1. The molecule has 0 unspecified atom stereocenters. The van der Waals surface area contributed by atoms with E-state index < -0.39 is 10.0 Å². The maximum absolute atomic E-state index is 12.6. The molecule has 0 saturated carbocycles. The lowest BCUT2D eigenvalue weighted by Crippen LogP contribution is -2.40. The van der Waals surface area contributed by atoms with Crippen molar-refractivity contribution in [2.24, 2.45) is 0 Å². The van der Waals surface area contributed by atoms with Gasteiger partial charge in [-0.1, -0.05) is 19.4 Å². The first kappa shape index (κ1) is 17.9. The summed E-state index contributed by atoms with van der Waals surface area (Å²) in [6.07, 6.45) is 1.87. The van der Waals surface area contributed by atoms with Crippen molar-refractivity contribution in [3.05, 3.63) is 29.8 Å². The van der Waals surface area contributed by atoms with E-state index in [9.17, 15) is 13.2 Å². The van der Waals surface area contributed by atoms with E-state index in [2.05, 4.69) is 12.2 Å². The molecule has 0 bridgehead atoms. The van der Waals surface area contributed by atoms with Crippen molar-refractivity contribution < 1.29 is 17.9 Å². The Morgan fingerprint density at radius 3 is 2.70 bits per heavy atom. The van der Waals surface area contributed by atoms with Crippen LogP contribution >= 0.6 is 0 Å². The minimum absolute atomic E-state index is 0.0620. The van der Waals surface area contributed by atoms with Gasteiger partial charge < -0.3 is 10.1 Å². The summed E-state index contributed by atoms with van der Waals surface area (Å²) in [5.74, 6) is -0.245. The molecular formula is C16H24N2O4S. The monoisotopic (exact) mass is 340 g/mol. The number of benzene rings is 1. The summed E-state index contributed by atoms with van der Waals surface area (Å²) in [6, 6.07) is 6.27. The Morgan fingerprint density at radius 2 is 2.04 bits per heavy atom. The van der Waals surface area contributed by atoms with E-state index in [0.717, 1.165) is 12.8 Å². The van der Waals surface area contributed by atoms with Gasteiger partial charge in [-0.05, 0) is 31.5 Å². The van der Waals surface area contributed by atoms with E-state index in [4.69, 9.17) is 4.74 Å². The van der Waals surface area contributed by atoms with Crippen molar-refractivity contribution in [1.29, 1.82) is 0 Å². The number of hydrogen-bond acceptors (Lipinski definition) is 4. The van der Waals surface area contributed by atoms with Crippen molar-refractivity contribution in [3.63, 3.8) is 0 Å². The molecule has 1 N–H and O–H groups in total. The van der Waals surface area contributed by atoms with E-state index in [0.29, 0.717) is 31.9 Å². The highest BCUT2D eigenvalue weighted by Gasteiger charge is 2.26. The Kier molecular flexibility index (Phi) is 6.15. The van der Waals surface area contributed by atoms with Crippen molar-refractivity contribution >= 4 is 15.9 Å². The molecule has 0 aliphatic carbocycles. The van der Waals surface area contributed by atoms with Gasteiger partial charge >= 0.3 is 0 Å². The van der Waals surface area contributed by atoms with Crippen LogP contribution in [-0.4, -0.2) is 51.0 Å². The fourth-order valence-corrected chi connectivity index (χ4v) is 4.00. The molecule has 23 heavy (non-hydrogen) atoms. The van der Waals surface area contributed by atoms with Gasteiger partial charge in [0, 0.05) is 24.7 Å². The van der Waals surface area contributed by atoms with Gasteiger partial charge in [-0.2, -0.15) is 4.31 Å². The average molecular weight is 340 g/mol. The van der Waals surface area contributed by atoms with Crippen molar-refractivity contribution in [3.8, 4) is 0 Å². The van der Waals surface area contributed by atoms with Crippen LogP contribution in [0.2, 0.25) is 0 Å². The highest BCUT2D eigenvalue weighted by atomic mass is 32.2. The molecule has 1 saturated heterocycles. The second kappa shape index (κ2) is 7.90. The van der Waals surface area contributed by atoms with Gasteiger partial charge in [0.25, 0.3) is 5.91 Å². The largest absolute Gasteiger partial charge is 0.379 e. The highest BCUT2D eigenvalue weighted by Crippen LogP contribution is 2.18. The van der Waals surface area contributed by atoms with Gasteiger partial charge in [0.15, 0.2) is 0 Å². The molecule has 1 aliphatic heterocycles. The minimum atomic E-state index is -3.58. The zero-order valence-electron chi connectivity index (χ0n) is 13.6. The zero-order chi connectivity index (χ0) is 16.9. The fourth-order valence-electron chi connectivity index (χ4n) is 2.55. The topological polar surface area (TPSA) is 75.7 Å². The lowest BCUT2D eigenvalue weighted by molar-refractivity contribution is 0.0730. The lowest BCUT2D eigenvalue weighted by atomic mass is 10.1. The van der Waals surface area contributed by atoms with Crippen molar-refractivity contribution in [1.82, 2.24) is 9.62 Å². The van der Waals surface area contributed by atoms with E-state index >= 15 is 0 Å². The first-order chi connectivity index (χ1) is 10.9. The van der Waals surface area contributed by atoms with Gasteiger partial charge in [0.1, 0.15) is 0 Å². The molecule has 1 atom stereocenters. The lowest BCUT2D eigenvalue weighted by Gasteiger charge is -2.26. The second-order valence-corrected chi connectivity index (χ2v) is 7.65. The predicted octanol–water partition coefficient (Wildman–Crippen LogP) is 1.63. The van der Waals surface area contributed by atoms with Crippen LogP contribution in [0.25, 0.3) is 0 Å². The first-order valence-electron chi connectivity index (χ1n) is 7.94.